The van der Waals surface area contributed by atoms with Crippen LogP contribution in [-0.4, -0.2) is 0 Å². The van der Waals surface area contributed by atoms with Crippen LogP contribution in [0.2, 0.25) is 0 Å². The summed E-state index contributed by atoms with van der Waals surface area (Å²) in [5.41, 5.74) is 16.1. The number of allylic oxidation sites excluding steroid dienone is 3. The maximum atomic E-state index is 3.95. The predicted molar refractivity (Wildman–Crippen MR) is 232 cm³/mol. The first kappa shape index (κ1) is 38.7. The Bertz CT molecular complexity index is 2010. The molecule has 0 heterocycles. The zero-order valence-electron chi connectivity index (χ0n) is 35.4. The minimum absolute atomic E-state index is 0.0865. The highest BCUT2D eigenvalue weighted by Gasteiger charge is 2.37. The van der Waals surface area contributed by atoms with Gasteiger partial charge in [0.25, 0.3) is 0 Å². The Balaban J connectivity index is 1.47. The third-order valence-electron chi connectivity index (χ3n) is 12.1. The van der Waals surface area contributed by atoms with Crippen molar-refractivity contribution in [3.63, 3.8) is 0 Å². The zero-order valence-corrected chi connectivity index (χ0v) is 35.4. The van der Waals surface area contributed by atoms with Crippen molar-refractivity contribution in [2.75, 3.05) is 10.2 Å². The predicted octanol–water partition coefficient (Wildman–Crippen LogP) is 14.9. The fraction of sp³-hybridized carbons (Fsp3) is 0.451. The van der Waals surface area contributed by atoms with Gasteiger partial charge in [-0.15, -0.1) is 0 Å². The average Bonchev–Trinajstić information content (AvgIpc) is 3.06. The van der Waals surface area contributed by atoms with Gasteiger partial charge >= 0.3 is 0 Å². The number of aryl methyl sites for hydroxylation is 1. The molecular formula is C51H66N2. The van der Waals surface area contributed by atoms with Crippen LogP contribution in [0.1, 0.15) is 143 Å². The Hall–Kier alpha value is -4.04. The van der Waals surface area contributed by atoms with E-state index in [2.05, 4.69) is 204 Å². The molecule has 2 aliphatic rings. The van der Waals surface area contributed by atoms with Crippen molar-refractivity contribution in [1.82, 2.24) is 0 Å². The molecule has 1 atom stereocenters. The maximum Gasteiger partial charge on any atom is 0.0484 e. The largest absolute Gasteiger partial charge is 0.355 e. The number of fused-ring (bicyclic) bond motifs is 1. The van der Waals surface area contributed by atoms with Crippen molar-refractivity contribution in [2.24, 2.45) is 11.3 Å². The first-order valence-corrected chi connectivity index (χ1v) is 20.0. The quantitative estimate of drug-likeness (QED) is 0.215. The second-order valence-electron chi connectivity index (χ2n) is 20.6. The van der Waals surface area contributed by atoms with Crippen molar-refractivity contribution in [2.45, 2.75) is 138 Å². The molecule has 0 radical (unpaired) electrons. The summed E-state index contributed by atoms with van der Waals surface area (Å²) in [5.74, 6) is 0.461. The average molecular weight is 707 g/mol. The molecule has 2 aliphatic carbocycles. The zero-order chi connectivity index (χ0) is 38.7. The monoisotopic (exact) mass is 707 g/mol. The third-order valence-corrected chi connectivity index (χ3v) is 12.1. The number of anilines is 4. The highest BCUT2D eigenvalue weighted by molar-refractivity contribution is 5.82. The van der Waals surface area contributed by atoms with Crippen molar-refractivity contribution in [3.8, 4) is 0 Å². The normalized spacial score (nSPS) is 18.5. The van der Waals surface area contributed by atoms with E-state index in [1.165, 1.54) is 68.9 Å². The topological polar surface area (TPSA) is 15.3 Å². The lowest BCUT2D eigenvalue weighted by molar-refractivity contribution is 0.296. The van der Waals surface area contributed by atoms with Gasteiger partial charge in [0.2, 0.25) is 0 Å². The van der Waals surface area contributed by atoms with Crippen LogP contribution in [0.4, 0.5) is 22.7 Å². The summed E-state index contributed by atoms with van der Waals surface area (Å²) in [6.45, 7) is 32.7. The molecule has 0 amide bonds. The summed E-state index contributed by atoms with van der Waals surface area (Å²) in [5, 5.41) is 3.95. The number of nitrogens with one attached hydrogen (secondary N) is 1. The number of benzene rings is 4. The molecule has 4 aromatic carbocycles. The Labute approximate surface area is 322 Å². The Kier molecular flexibility index (Phi) is 9.98. The molecule has 2 heteroatoms. The summed E-state index contributed by atoms with van der Waals surface area (Å²) in [4.78, 5) is 2.47. The molecule has 1 N–H and O–H groups in total. The maximum absolute atomic E-state index is 3.95. The molecule has 0 saturated heterocycles. The van der Waals surface area contributed by atoms with Gasteiger partial charge in [-0.1, -0.05) is 139 Å². The number of nitrogens with zero attached hydrogens (tertiary/aromatic N) is 1. The van der Waals surface area contributed by atoms with Gasteiger partial charge < -0.3 is 10.2 Å². The minimum Gasteiger partial charge on any atom is -0.355 e. The molecule has 1 unspecified atom stereocenters. The highest BCUT2D eigenvalue weighted by Crippen LogP contribution is 2.49. The van der Waals surface area contributed by atoms with Crippen LogP contribution >= 0.6 is 0 Å². The van der Waals surface area contributed by atoms with Gasteiger partial charge in [0.15, 0.2) is 0 Å². The van der Waals surface area contributed by atoms with Gasteiger partial charge in [-0.3, -0.25) is 0 Å². The van der Waals surface area contributed by atoms with E-state index in [1.54, 1.807) is 0 Å². The molecule has 0 fully saturated rings. The van der Waals surface area contributed by atoms with Crippen LogP contribution in [0.15, 0.2) is 103 Å². The van der Waals surface area contributed by atoms with Crippen molar-refractivity contribution in [1.29, 1.82) is 0 Å². The van der Waals surface area contributed by atoms with Crippen molar-refractivity contribution < 1.29 is 0 Å². The van der Waals surface area contributed by atoms with E-state index in [0.29, 0.717) is 5.92 Å². The van der Waals surface area contributed by atoms with Crippen molar-refractivity contribution >= 4 is 28.3 Å². The van der Waals surface area contributed by atoms with Crippen LogP contribution in [-0.2, 0) is 21.7 Å². The van der Waals surface area contributed by atoms with Gasteiger partial charge in [-0.05, 0) is 147 Å². The fourth-order valence-electron chi connectivity index (χ4n) is 8.26. The molecule has 6 rings (SSSR count). The summed E-state index contributed by atoms with van der Waals surface area (Å²) in [6, 6.07) is 32.8. The summed E-state index contributed by atoms with van der Waals surface area (Å²) < 4.78 is 0. The van der Waals surface area contributed by atoms with Crippen LogP contribution in [0.5, 0.6) is 0 Å². The molecular weight excluding hydrogens is 641 g/mol. The first-order chi connectivity index (χ1) is 24.5. The Morgan fingerprint density at radius 2 is 1.15 bits per heavy atom. The van der Waals surface area contributed by atoms with Crippen LogP contribution in [0, 0.1) is 18.3 Å². The Morgan fingerprint density at radius 1 is 0.604 bits per heavy atom. The summed E-state index contributed by atoms with van der Waals surface area (Å²) in [7, 11) is 0. The SMILES string of the molecule is Cc1cc(NC2=C(c3ccc(C(C)(C)C)cc3)CC(C(C)(C)C)C=C2)cc(N(c2ccc(C(C)(C)C)cc2)c2ccc3c(c2)C(C)(C)CCC3(C)C)c1. The van der Waals surface area contributed by atoms with E-state index in [4.69, 9.17) is 0 Å². The second kappa shape index (κ2) is 13.7. The van der Waals surface area contributed by atoms with E-state index in [0.717, 1.165) is 17.8 Å². The molecule has 0 spiro atoms. The number of rotatable bonds is 6. The third kappa shape index (κ3) is 8.23. The lowest BCUT2D eigenvalue weighted by Gasteiger charge is -2.42. The number of hydrogen-bond acceptors (Lipinski definition) is 2. The first-order valence-electron chi connectivity index (χ1n) is 20.0. The van der Waals surface area contributed by atoms with Gasteiger partial charge in [0.05, 0.1) is 0 Å². The van der Waals surface area contributed by atoms with Crippen LogP contribution in [0.3, 0.4) is 0 Å². The van der Waals surface area contributed by atoms with Gasteiger partial charge in [-0.25, -0.2) is 0 Å². The van der Waals surface area contributed by atoms with Crippen LogP contribution < -0.4 is 10.2 Å². The van der Waals surface area contributed by atoms with Gasteiger partial charge in [0, 0.05) is 28.4 Å². The highest BCUT2D eigenvalue weighted by atomic mass is 15.1. The molecule has 0 aromatic heterocycles. The lowest BCUT2D eigenvalue weighted by Crippen LogP contribution is -2.34. The van der Waals surface area contributed by atoms with Crippen LogP contribution in [0.25, 0.3) is 5.57 Å². The van der Waals surface area contributed by atoms with E-state index in [9.17, 15) is 0 Å². The molecule has 53 heavy (non-hydrogen) atoms. The minimum atomic E-state index is 0.0865. The molecule has 0 aliphatic heterocycles. The molecule has 0 saturated carbocycles. The van der Waals surface area contributed by atoms with Gasteiger partial charge in [-0.2, -0.15) is 0 Å². The van der Waals surface area contributed by atoms with Gasteiger partial charge in [0.1, 0.15) is 0 Å². The molecule has 280 valence electrons. The fourth-order valence-corrected chi connectivity index (χ4v) is 8.26. The Morgan fingerprint density at radius 3 is 1.72 bits per heavy atom. The summed E-state index contributed by atoms with van der Waals surface area (Å²) in [6.07, 6.45) is 8.16. The van der Waals surface area contributed by atoms with E-state index >= 15 is 0 Å². The smallest absolute Gasteiger partial charge is 0.0484 e. The standard InChI is InChI=1S/C51H66N2/c1-34-29-39(52-46-26-21-38(49(8,9)10)31-43(46)35-15-17-36(18-16-35)47(2,3)4)32-42(30-34)53(40-22-19-37(20-23-40)48(5,6)7)41-24-25-44-45(33-41)51(13,14)28-27-50(44,11)12/h15-26,29-30,32-33,38,52H,27-28,31H2,1-14H3. The number of hydrogen-bond donors (Lipinski definition) is 1. The van der Waals surface area contributed by atoms with E-state index in [1.807, 2.05) is 0 Å². The molecule has 4 aromatic rings. The molecule has 0 bridgehead atoms. The van der Waals surface area contributed by atoms with E-state index < -0.39 is 0 Å². The molecule has 2 nitrogen and oxygen atoms in total. The van der Waals surface area contributed by atoms with Crippen molar-refractivity contribution in [3.05, 3.63) is 136 Å². The lowest BCUT2D eigenvalue weighted by atomic mass is 9.63. The van der Waals surface area contributed by atoms with E-state index in [-0.39, 0.29) is 27.1 Å². The summed E-state index contributed by atoms with van der Waals surface area (Å²) >= 11 is 0. The second-order valence-corrected chi connectivity index (χ2v) is 20.6.